The van der Waals surface area contributed by atoms with Crippen molar-refractivity contribution in [1.29, 1.82) is 0 Å². The highest BCUT2D eigenvalue weighted by Crippen LogP contribution is 2.24. The molecule has 2 unspecified atom stereocenters. The highest BCUT2D eigenvalue weighted by Gasteiger charge is 2.46. The molecule has 0 spiro atoms. The highest BCUT2D eigenvalue weighted by molar-refractivity contribution is 7.85. The predicted octanol–water partition coefficient (Wildman–Crippen LogP) is 8.78. The Morgan fingerprint density at radius 1 is 0.638 bits per heavy atom. The van der Waals surface area contributed by atoms with Crippen molar-refractivity contribution >= 4 is 22.1 Å². The van der Waals surface area contributed by atoms with Crippen LogP contribution in [-0.4, -0.2) is 96.0 Å². The molecule has 12 nitrogen and oxygen atoms in total. The lowest BCUT2D eigenvalue weighted by atomic mass is 10.00. The predicted molar refractivity (Wildman–Crippen MR) is 229 cm³/mol. The largest absolute Gasteiger partial charge is 0.462 e. The summed E-state index contributed by atoms with van der Waals surface area (Å²) in [5, 5.41) is 30.8. The van der Waals surface area contributed by atoms with Crippen LogP contribution in [0.5, 0.6) is 0 Å². The lowest BCUT2D eigenvalue weighted by Crippen LogP contribution is -2.60. The Morgan fingerprint density at radius 3 is 1.71 bits per heavy atom. The molecule has 0 saturated carbocycles. The van der Waals surface area contributed by atoms with Crippen LogP contribution in [0.1, 0.15) is 168 Å². The van der Waals surface area contributed by atoms with Gasteiger partial charge in [-0.05, 0) is 51.4 Å². The van der Waals surface area contributed by atoms with E-state index in [2.05, 4.69) is 38.2 Å². The molecule has 58 heavy (non-hydrogen) atoms. The molecule has 0 aromatic heterocycles. The maximum absolute atomic E-state index is 12.7. The van der Waals surface area contributed by atoms with Crippen molar-refractivity contribution in [2.75, 3.05) is 19.0 Å². The first kappa shape index (κ1) is 53.6. The topological polar surface area (TPSA) is 186 Å². The molecule has 336 valence electrons. The van der Waals surface area contributed by atoms with Crippen molar-refractivity contribution in [3.8, 4) is 0 Å². The van der Waals surface area contributed by atoms with Crippen LogP contribution in [-0.2, 0) is 38.7 Å². The molecule has 6 atom stereocenters. The zero-order valence-corrected chi connectivity index (χ0v) is 36.5. The number of aliphatic hydroxyl groups is 3. The molecule has 4 N–H and O–H groups in total. The van der Waals surface area contributed by atoms with E-state index in [1.807, 2.05) is 6.08 Å². The molecule has 1 saturated heterocycles. The van der Waals surface area contributed by atoms with Gasteiger partial charge < -0.3 is 34.3 Å². The van der Waals surface area contributed by atoms with Gasteiger partial charge in [0, 0.05) is 12.5 Å². The average Bonchev–Trinajstić information content (AvgIpc) is 3.18. The zero-order chi connectivity index (χ0) is 42.7. The summed E-state index contributed by atoms with van der Waals surface area (Å²) in [5.74, 6) is -2.29. The number of ether oxygens (including phenoxy) is 4. The Balaban J connectivity index is 2.54. The minimum absolute atomic E-state index is 0.156. The fourth-order valence-corrected chi connectivity index (χ4v) is 7.19. The average molecular weight is 843 g/mol. The van der Waals surface area contributed by atoms with E-state index in [1.165, 1.54) is 102 Å². The summed E-state index contributed by atoms with van der Waals surface area (Å²) in [6.07, 6.45) is 32.2. The lowest BCUT2D eigenvalue weighted by Gasteiger charge is -2.40. The maximum atomic E-state index is 12.7. The summed E-state index contributed by atoms with van der Waals surface area (Å²) in [4.78, 5) is 25.2. The van der Waals surface area contributed by atoms with Gasteiger partial charge in [-0.2, -0.15) is 8.42 Å². The SMILES string of the molecule is CCCCCCCC/C=C/C/C=C/CCCCC(=O)OC[C@H](CO[C@H]1O[C@H](CS(=O)(=O)O)[C@@H](O)C(O)C1O)OC(=O)/C=C/C=C/CCCCCCCCCCCCC. The molecular weight excluding hydrogens is 765 g/mol. The summed E-state index contributed by atoms with van der Waals surface area (Å²) >= 11 is 0. The third-order valence-corrected chi connectivity index (χ3v) is 10.7. The molecule has 0 aromatic carbocycles. The highest BCUT2D eigenvalue weighted by atomic mass is 32.2. The smallest absolute Gasteiger partial charge is 0.331 e. The van der Waals surface area contributed by atoms with Gasteiger partial charge in [0.2, 0.25) is 0 Å². The van der Waals surface area contributed by atoms with Crippen molar-refractivity contribution in [2.45, 2.75) is 205 Å². The van der Waals surface area contributed by atoms with E-state index in [-0.39, 0.29) is 13.0 Å². The number of hydrogen-bond acceptors (Lipinski definition) is 11. The Labute approximate surface area is 350 Å². The Hall–Kier alpha value is -2.39. The van der Waals surface area contributed by atoms with E-state index in [9.17, 15) is 37.9 Å². The van der Waals surface area contributed by atoms with Gasteiger partial charge >= 0.3 is 11.9 Å². The number of allylic oxidation sites excluding steroid dienone is 7. The molecule has 1 aliphatic heterocycles. The van der Waals surface area contributed by atoms with Crippen LogP contribution in [0.4, 0.5) is 0 Å². The number of unbranched alkanes of at least 4 members (excludes halogenated alkanes) is 19. The summed E-state index contributed by atoms with van der Waals surface area (Å²) < 4.78 is 53.8. The van der Waals surface area contributed by atoms with Gasteiger partial charge in [0.15, 0.2) is 12.4 Å². The van der Waals surface area contributed by atoms with Crippen molar-refractivity contribution < 1.29 is 56.8 Å². The first-order chi connectivity index (χ1) is 28.0. The number of rotatable bonds is 36. The van der Waals surface area contributed by atoms with Gasteiger partial charge in [-0.3, -0.25) is 9.35 Å². The van der Waals surface area contributed by atoms with Gasteiger partial charge in [-0.25, -0.2) is 4.79 Å². The van der Waals surface area contributed by atoms with Crippen LogP contribution in [0, 0.1) is 0 Å². The summed E-state index contributed by atoms with van der Waals surface area (Å²) in [6, 6.07) is 0. The number of carbonyl (C=O) groups excluding carboxylic acids is 2. The molecular formula is C45H78O12S. The van der Waals surface area contributed by atoms with Crippen LogP contribution >= 0.6 is 0 Å². The van der Waals surface area contributed by atoms with E-state index in [0.29, 0.717) is 6.42 Å². The second-order valence-corrected chi connectivity index (χ2v) is 16.9. The maximum Gasteiger partial charge on any atom is 0.331 e. The van der Waals surface area contributed by atoms with Crippen LogP contribution < -0.4 is 0 Å². The molecule has 1 aliphatic rings. The van der Waals surface area contributed by atoms with Crippen LogP contribution in [0.15, 0.2) is 48.6 Å². The third-order valence-electron chi connectivity index (χ3n) is 9.99. The van der Waals surface area contributed by atoms with Gasteiger partial charge in [-0.1, -0.05) is 153 Å². The van der Waals surface area contributed by atoms with Crippen molar-refractivity contribution in [3.63, 3.8) is 0 Å². The van der Waals surface area contributed by atoms with E-state index in [1.54, 1.807) is 12.2 Å². The number of carbonyl (C=O) groups is 2. The normalized spacial score (nSPS) is 20.8. The summed E-state index contributed by atoms with van der Waals surface area (Å²) in [6.45, 7) is 3.62. The lowest BCUT2D eigenvalue weighted by molar-refractivity contribution is -0.297. The zero-order valence-electron chi connectivity index (χ0n) is 35.6. The Morgan fingerprint density at radius 2 is 1.16 bits per heavy atom. The van der Waals surface area contributed by atoms with Gasteiger partial charge in [0.25, 0.3) is 10.1 Å². The van der Waals surface area contributed by atoms with E-state index in [0.717, 1.165) is 44.9 Å². The van der Waals surface area contributed by atoms with E-state index >= 15 is 0 Å². The molecule has 13 heteroatoms. The first-order valence-electron chi connectivity index (χ1n) is 22.2. The Bertz CT molecular complexity index is 1260. The third kappa shape index (κ3) is 29.8. The van der Waals surface area contributed by atoms with Crippen LogP contribution in [0.3, 0.4) is 0 Å². The van der Waals surface area contributed by atoms with Crippen molar-refractivity contribution in [1.82, 2.24) is 0 Å². The summed E-state index contributed by atoms with van der Waals surface area (Å²) in [5.41, 5.74) is 0. The molecule has 0 radical (unpaired) electrons. The first-order valence-corrected chi connectivity index (χ1v) is 23.8. The van der Waals surface area contributed by atoms with Gasteiger partial charge in [0.05, 0.1) is 6.61 Å². The molecule has 1 heterocycles. The standard InChI is InChI=1S/C45H78O12S/c1-3-5-7-9-11-13-15-17-19-21-23-25-27-29-31-33-40(46)54-35-38(36-55-45-44(50)43(49)42(48)39(57-45)37-58(51,52)53)56-41(47)34-32-30-28-26-24-22-20-18-16-14-12-10-8-6-4-2/h17,19,23,25,28,30,32,34,38-39,42-45,48-50H,3-16,18,20-22,24,26-27,29,31,33,35-37H2,1-2H3,(H,51,52,53)/b19-17+,25-23+,30-28+,34-32+/t38-,39-,42-,43?,44?,45+/m1/s1. The van der Waals surface area contributed by atoms with Gasteiger partial charge in [0.1, 0.15) is 36.8 Å². The fraction of sp³-hybridized carbons (Fsp3) is 0.778. The minimum Gasteiger partial charge on any atom is -0.462 e. The number of esters is 2. The van der Waals surface area contributed by atoms with Crippen LogP contribution in [0.25, 0.3) is 0 Å². The minimum atomic E-state index is -4.62. The van der Waals surface area contributed by atoms with E-state index < -0.39 is 71.2 Å². The Kier molecular flexibility index (Phi) is 32.7. The van der Waals surface area contributed by atoms with Crippen LogP contribution in [0.2, 0.25) is 0 Å². The van der Waals surface area contributed by atoms with E-state index in [4.69, 9.17) is 18.9 Å². The molecule has 0 aromatic rings. The molecule has 0 bridgehead atoms. The quantitative estimate of drug-likeness (QED) is 0.0118. The number of hydrogen-bond donors (Lipinski definition) is 4. The second kappa shape index (κ2) is 35.4. The van der Waals surface area contributed by atoms with Crippen molar-refractivity contribution in [3.05, 3.63) is 48.6 Å². The second-order valence-electron chi connectivity index (χ2n) is 15.4. The van der Waals surface area contributed by atoms with Gasteiger partial charge in [-0.15, -0.1) is 0 Å². The monoisotopic (exact) mass is 843 g/mol. The molecule has 0 amide bonds. The fourth-order valence-electron chi connectivity index (χ4n) is 6.50. The molecule has 0 aliphatic carbocycles. The molecule has 1 fully saturated rings. The van der Waals surface area contributed by atoms with Crippen molar-refractivity contribution in [2.24, 2.45) is 0 Å². The molecule has 1 rings (SSSR count). The summed E-state index contributed by atoms with van der Waals surface area (Å²) in [7, 11) is -4.62. The number of aliphatic hydroxyl groups excluding tert-OH is 3.